The zero-order chi connectivity index (χ0) is 25.8. The van der Waals surface area contributed by atoms with Gasteiger partial charge in [0.1, 0.15) is 0 Å². The minimum atomic E-state index is 1.08. The predicted molar refractivity (Wildman–Crippen MR) is 173 cm³/mol. The van der Waals surface area contributed by atoms with Crippen LogP contribution in [0, 0.1) is 0 Å². The highest BCUT2D eigenvalue weighted by atomic mass is 32.1. The molecule has 0 amide bonds. The number of thiophene rings is 2. The summed E-state index contributed by atoms with van der Waals surface area (Å²) >= 11 is 3.73. The monoisotopic (exact) mass is 533 g/mol. The Morgan fingerprint density at radius 1 is 0.385 bits per heavy atom. The first-order valence-electron chi connectivity index (χ1n) is 13.1. The maximum atomic E-state index is 3.71. The Bertz CT molecular complexity index is 2150. The summed E-state index contributed by atoms with van der Waals surface area (Å²) in [5.41, 5.74) is 7.17. The average Bonchev–Trinajstić information content (AvgIpc) is 3.56. The highest BCUT2D eigenvalue weighted by Crippen LogP contribution is 2.43. The van der Waals surface area contributed by atoms with E-state index in [2.05, 4.69) is 139 Å². The van der Waals surface area contributed by atoms with E-state index < -0.39 is 0 Å². The summed E-state index contributed by atoms with van der Waals surface area (Å²) in [7, 11) is 0. The molecule has 184 valence electrons. The van der Waals surface area contributed by atoms with Crippen LogP contribution in [0.1, 0.15) is 0 Å². The van der Waals surface area contributed by atoms with Crippen LogP contribution >= 0.6 is 22.7 Å². The number of fused-ring (bicyclic) bond motifs is 6. The molecule has 0 unspecified atom stereocenters. The van der Waals surface area contributed by atoms with Crippen LogP contribution in [0.2, 0.25) is 0 Å². The maximum Gasteiger partial charge on any atom is 0.0434 e. The first-order chi connectivity index (χ1) is 19.3. The number of hydrogen-bond donors (Lipinski definition) is 1. The molecule has 0 spiro atoms. The van der Waals surface area contributed by atoms with Gasteiger partial charge < -0.3 is 5.32 Å². The van der Waals surface area contributed by atoms with Crippen molar-refractivity contribution < 1.29 is 0 Å². The maximum absolute atomic E-state index is 3.71. The van der Waals surface area contributed by atoms with E-state index >= 15 is 0 Å². The van der Waals surface area contributed by atoms with Gasteiger partial charge in [-0.2, -0.15) is 0 Å². The Balaban J connectivity index is 1.27. The van der Waals surface area contributed by atoms with Crippen molar-refractivity contribution in [2.75, 3.05) is 5.32 Å². The molecule has 1 nitrogen and oxygen atoms in total. The molecule has 1 N–H and O–H groups in total. The number of anilines is 2. The Kier molecular flexibility index (Phi) is 5.25. The molecule has 0 aliphatic carbocycles. The van der Waals surface area contributed by atoms with Crippen molar-refractivity contribution in [3.8, 4) is 22.3 Å². The van der Waals surface area contributed by atoms with Crippen LogP contribution < -0.4 is 5.32 Å². The van der Waals surface area contributed by atoms with Crippen LogP contribution in [0.4, 0.5) is 11.4 Å². The first-order valence-corrected chi connectivity index (χ1v) is 14.7. The normalized spacial score (nSPS) is 11.6. The number of benzene rings is 6. The van der Waals surface area contributed by atoms with Crippen molar-refractivity contribution in [3.05, 3.63) is 133 Å². The van der Waals surface area contributed by atoms with Crippen molar-refractivity contribution in [1.82, 2.24) is 0 Å². The van der Waals surface area contributed by atoms with Gasteiger partial charge in [-0.25, -0.2) is 0 Å². The minimum absolute atomic E-state index is 1.08. The van der Waals surface area contributed by atoms with Gasteiger partial charge in [0.25, 0.3) is 0 Å². The molecule has 6 aromatic carbocycles. The average molecular weight is 534 g/mol. The third kappa shape index (κ3) is 3.82. The molecule has 2 heterocycles. The van der Waals surface area contributed by atoms with Gasteiger partial charge in [-0.3, -0.25) is 0 Å². The van der Waals surface area contributed by atoms with Crippen LogP contribution in [-0.4, -0.2) is 0 Å². The molecule has 8 rings (SSSR count). The fourth-order valence-corrected chi connectivity index (χ4v) is 7.96. The van der Waals surface area contributed by atoms with Gasteiger partial charge in [0.15, 0.2) is 0 Å². The van der Waals surface area contributed by atoms with E-state index in [9.17, 15) is 0 Å². The first kappa shape index (κ1) is 22.5. The zero-order valence-electron chi connectivity index (χ0n) is 21.0. The van der Waals surface area contributed by atoms with Gasteiger partial charge >= 0.3 is 0 Å². The molecule has 0 radical (unpaired) electrons. The summed E-state index contributed by atoms with van der Waals surface area (Å²) in [5, 5.41) is 8.98. The lowest BCUT2D eigenvalue weighted by Crippen LogP contribution is -1.93. The molecule has 8 aromatic rings. The summed E-state index contributed by atoms with van der Waals surface area (Å²) in [6, 6.07) is 48.3. The zero-order valence-corrected chi connectivity index (χ0v) is 22.7. The molecule has 0 saturated carbocycles. The molecule has 0 bridgehead atoms. The molecule has 0 fully saturated rings. The van der Waals surface area contributed by atoms with Gasteiger partial charge in [-0.1, -0.05) is 91.0 Å². The Labute approximate surface area is 234 Å². The second kappa shape index (κ2) is 9.09. The van der Waals surface area contributed by atoms with E-state index in [0.717, 1.165) is 11.4 Å². The van der Waals surface area contributed by atoms with Crippen molar-refractivity contribution in [2.24, 2.45) is 0 Å². The molecular formula is C36H23NS2. The van der Waals surface area contributed by atoms with Crippen molar-refractivity contribution in [2.45, 2.75) is 0 Å². The van der Waals surface area contributed by atoms with E-state index in [0.29, 0.717) is 0 Å². The highest BCUT2D eigenvalue weighted by molar-refractivity contribution is 7.26. The summed E-state index contributed by atoms with van der Waals surface area (Å²) in [5.74, 6) is 0. The SMILES string of the molecule is c1ccc(-c2cc(Nc3ccc4sc5ccccc5c4c3)ccc2-c2cccc3c2sc2ccccc23)cc1. The second-order valence-corrected chi connectivity index (χ2v) is 12.0. The van der Waals surface area contributed by atoms with E-state index in [-0.39, 0.29) is 0 Å². The Hall–Kier alpha value is -4.44. The van der Waals surface area contributed by atoms with Crippen LogP contribution in [0.5, 0.6) is 0 Å². The van der Waals surface area contributed by atoms with E-state index in [1.54, 1.807) is 0 Å². The molecule has 3 heteroatoms. The smallest absolute Gasteiger partial charge is 0.0434 e. The fraction of sp³-hybridized carbons (Fsp3) is 0. The molecular weight excluding hydrogens is 511 g/mol. The third-order valence-electron chi connectivity index (χ3n) is 7.46. The molecule has 0 aliphatic rings. The van der Waals surface area contributed by atoms with Crippen LogP contribution in [0.15, 0.2) is 133 Å². The van der Waals surface area contributed by atoms with E-state index in [4.69, 9.17) is 0 Å². The molecule has 0 saturated heterocycles. The minimum Gasteiger partial charge on any atom is -0.355 e. The third-order valence-corrected chi connectivity index (χ3v) is 9.84. The quantitative estimate of drug-likeness (QED) is 0.237. The van der Waals surface area contributed by atoms with Crippen LogP contribution in [0.3, 0.4) is 0 Å². The summed E-state index contributed by atoms with van der Waals surface area (Å²) in [4.78, 5) is 0. The van der Waals surface area contributed by atoms with E-state index in [1.165, 1.54) is 62.6 Å². The Morgan fingerprint density at radius 2 is 1.03 bits per heavy atom. The van der Waals surface area contributed by atoms with Crippen molar-refractivity contribution in [3.63, 3.8) is 0 Å². The highest BCUT2D eigenvalue weighted by Gasteiger charge is 2.15. The standard InChI is InChI=1S/C36H23NS2/c1-2-9-23(10-3-1)31-21-24(37-25-18-20-35-32(22-25)28-12-5-6-15-33(28)38-35)17-19-26(31)29-13-8-14-30-27-11-4-7-16-34(27)39-36(29)30/h1-22,37H. The topological polar surface area (TPSA) is 12.0 Å². The largest absolute Gasteiger partial charge is 0.355 e. The summed E-state index contributed by atoms with van der Waals surface area (Å²) in [6.07, 6.45) is 0. The number of rotatable bonds is 4. The lowest BCUT2D eigenvalue weighted by Gasteiger charge is -2.15. The molecule has 2 aromatic heterocycles. The second-order valence-electron chi connectivity index (χ2n) is 9.84. The van der Waals surface area contributed by atoms with Crippen molar-refractivity contribution >= 4 is 74.4 Å². The van der Waals surface area contributed by atoms with Crippen molar-refractivity contribution in [1.29, 1.82) is 0 Å². The summed E-state index contributed by atoms with van der Waals surface area (Å²) in [6.45, 7) is 0. The van der Waals surface area contributed by atoms with Gasteiger partial charge in [-0.05, 0) is 59.2 Å². The van der Waals surface area contributed by atoms with Gasteiger partial charge in [0.2, 0.25) is 0 Å². The molecule has 39 heavy (non-hydrogen) atoms. The van der Waals surface area contributed by atoms with Gasteiger partial charge in [-0.15, -0.1) is 22.7 Å². The molecule has 0 atom stereocenters. The van der Waals surface area contributed by atoms with Gasteiger partial charge in [0, 0.05) is 57.3 Å². The van der Waals surface area contributed by atoms with Crippen LogP contribution in [0.25, 0.3) is 62.6 Å². The lowest BCUT2D eigenvalue weighted by molar-refractivity contribution is 1.55. The molecule has 0 aliphatic heterocycles. The van der Waals surface area contributed by atoms with Crippen LogP contribution in [-0.2, 0) is 0 Å². The van der Waals surface area contributed by atoms with E-state index in [1.807, 2.05) is 22.7 Å². The number of nitrogens with one attached hydrogen (secondary N) is 1. The predicted octanol–water partition coefficient (Wildman–Crippen LogP) is 11.5. The number of hydrogen-bond acceptors (Lipinski definition) is 3. The Morgan fingerprint density at radius 3 is 1.87 bits per heavy atom. The lowest BCUT2D eigenvalue weighted by atomic mass is 9.93. The van der Waals surface area contributed by atoms with Gasteiger partial charge in [0.05, 0.1) is 0 Å². The fourth-order valence-electron chi connectivity index (χ4n) is 5.64. The summed E-state index contributed by atoms with van der Waals surface area (Å²) < 4.78 is 5.32.